The van der Waals surface area contributed by atoms with Crippen LogP contribution < -0.4 is 0 Å². The van der Waals surface area contributed by atoms with Gasteiger partial charge in [0.25, 0.3) is 0 Å². The second kappa shape index (κ2) is 3.26. The zero-order valence-electron chi connectivity index (χ0n) is 8.42. The lowest BCUT2D eigenvalue weighted by Gasteiger charge is -2.27. The fourth-order valence-corrected chi connectivity index (χ4v) is 2.61. The molecule has 0 spiro atoms. The molecule has 2 aliphatic rings. The minimum Gasteiger partial charge on any atom is -0.303 e. The highest BCUT2D eigenvalue weighted by Crippen LogP contribution is 2.33. The minimum absolute atomic E-state index is 0.271. The highest BCUT2D eigenvalue weighted by Gasteiger charge is 2.33. The van der Waals surface area contributed by atoms with Gasteiger partial charge in [-0.1, -0.05) is 6.08 Å². The fourth-order valence-electron chi connectivity index (χ4n) is 2.61. The van der Waals surface area contributed by atoms with E-state index >= 15 is 0 Å². The Kier molecular flexibility index (Phi) is 2.24. The van der Waals surface area contributed by atoms with Crippen molar-refractivity contribution in [3.63, 3.8) is 0 Å². The van der Waals surface area contributed by atoms with Crippen LogP contribution in [0.1, 0.15) is 26.2 Å². The van der Waals surface area contributed by atoms with Crippen molar-refractivity contribution in [2.45, 2.75) is 32.2 Å². The molecule has 0 bridgehead atoms. The fraction of sp³-hybridized carbons (Fsp3) is 0.727. The summed E-state index contributed by atoms with van der Waals surface area (Å²) in [7, 11) is 2.19. The quantitative estimate of drug-likeness (QED) is 0.609. The first kappa shape index (κ1) is 8.95. The van der Waals surface area contributed by atoms with E-state index < -0.39 is 0 Å². The van der Waals surface area contributed by atoms with E-state index in [2.05, 4.69) is 18.0 Å². The summed E-state index contributed by atoms with van der Waals surface area (Å²) in [4.78, 5) is 13.6. The molecule has 13 heavy (non-hydrogen) atoms. The van der Waals surface area contributed by atoms with Crippen LogP contribution in [0.2, 0.25) is 0 Å². The molecular formula is C11H17NO. The molecular weight excluding hydrogens is 162 g/mol. The summed E-state index contributed by atoms with van der Waals surface area (Å²) in [6.45, 7) is 2.88. The van der Waals surface area contributed by atoms with Gasteiger partial charge in [-0.2, -0.15) is 0 Å². The number of ketones is 1. The van der Waals surface area contributed by atoms with Gasteiger partial charge in [-0.25, -0.2) is 0 Å². The molecule has 1 heterocycles. The Morgan fingerprint density at radius 1 is 1.54 bits per heavy atom. The molecule has 1 aliphatic carbocycles. The van der Waals surface area contributed by atoms with Gasteiger partial charge in [-0.15, -0.1) is 0 Å². The number of hydrogen-bond donors (Lipinski definition) is 0. The molecule has 1 aliphatic heterocycles. The zero-order chi connectivity index (χ0) is 9.42. The monoisotopic (exact) mass is 179 g/mol. The Morgan fingerprint density at radius 2 is 2.31 bits per heavy atom. The van der Waals surface area contributed by atoms with Crippen molar-refractivity contribution in [2.75, 3.05) is 13.6 Å². The first-order valence-corrected chi connectivity index (χ1v) is 5.10. The van der Waals surface area contributed by atoms with Crippen LogP contribution in [0.4, 0.5) is 0 Å². The summed E-state index contributed by atoms with van der Waals surface area (Å²) in [5.74, 6) is 0.922. The first-order chi connectivity index (χ1) is 6.18. The average molecular weight is 179 g/mol. The van der Waals surface area contributed by atoms with E-state index in [1.54, 1.807) is 6.92 Å². The molecule has 0 amide bonds. The number of nitrogens with zero attached hydrogens (tertiary/aromatic N) is 1. The summed E-state index contributed by atoms with van der Waals surface area (Å²) < 4.78 is 0. The number of hydrogen-bond acceptors (Lipinski definition) is 2. The standard InChI is InChI=1S/C11H17NO/c1-8(13)9-3-4-11-10(7-9)5-6-12(11)2/h7,10-11H,3-6H2,1-2H3. The van der Waals surface area contributed by atoms with E-state index in [0.29, 0.717) is 12.0 Å². The maximum atomic E-state index is 11.2. The smallest absolute Gasteiger partial charge is 0.155 e. The summed E-state index contributed by atoms with van der Waals surface area (Å²) in [6.07, 6.45) is 5.62. The number of likely N-dealkylation sites (tertiary alicyclic amines) is 1. The molecule has 1 saturated heterocycles. The van der Waals surface area contributed by atoms with Crippen LogP contribution in [0.25, 0.3) is 0 Å². The van der Waals surface area contributed by atoms with Crippen molar-refractivity contribution in [2.24, 2.45) is 5.92 Å². The molecule has 2 nitrogen and oxygen atoms in total. The van der Waals surface area contributed by atoms with Crippen molar-refractivity contribution in [3.05, 3.63) is 11.6 Å². The normalized spacial score (nSPS) is 34.2. The lowest BCUT2D eigenvalue weighted by molar-refractivity contribution is -0.113. The van der Waals surface area contributed by atoms with Crippen molar-refractivity contribution in [1.82, 2.24) is 4.90 Å². The van der Waals surface area contributed by atoms with E-state index in [0.717, 1.165) is 12.0 Å². The van der Waals surface area contributed by atoms with Gasteiger partial charge in [0, 0.05) is 6.04 Å². The minimum atomic E-state index is 0.271. The maximum Gasteiger partial charge on any atom is 0.155 e. The third-order valence-electron chi connectivity index (χ3n) is 3.45. The van der Waals surface area contributed by atoms with Crippen LogP contribution in [0.3, 0.4) is 0 Å². The number of carbonyl (C=O) groups is 1. The molecule has 2 unspecified atom stereocenters. The first-order valence-electron chi connectivity index (χ1n) is 5.10. The van der Waals surface area contributed by atoms with Crippen molar-refractivity contribution in [3.8, 4) is 0 Å². The van der Waals surface area contributed by atoms with Gasteiger partial charge in [0.1, 0.15) is 0 Å². The van der Waals surface area contributed by atoms with E-state index in [1.165, 1.54) is 19.4 Å². The number of Topliss-reactive ketones (excluding diaryl/α,β-unsaturated/α-hetero) is 1. The second-order valence-electron chi connectivity index (χ2n) is 4.29. The molecule has 2 atom stereocenters. The molecule has 2 rings (SSSR count). The summed E-state index contributed by atoms with van der Waals surface area (Å²) in [6, 6.07) is 0.711. The Balaban J connectivity index is 2.15. The molecule has 0 saturated carbocycles. The van der Waals surface area contributed by atoms with E-state index in [4.69, 9.17) is 0 Å². The molecule has 0 aromatic carbocycles. The van der Waals surface area contributed by atoms with Crippen LogP contribution in [-0.2, 0) is 4.79 Å². The largest absolute Gasteiger partial charge is 0.303 e. The van der Waals surface area contributed by atoms with Crippen molar-refractivity contribution in [1.29, 1.82) is 0 Å². The summed E-state index contributed by atoms with van der Waals surface area (Å²) in [5.41, 5.74) is 1.07. The number of fused-ring (bicyclic) bond motifs is 1. The molecule has 0 aromatic heterocycles. The third-order valence-corrected chi connectivity index (χ3v) is 3.45. The van der Waals surface area contributed by atoms with E-state index in [1.807, 2.05) is 0 Å². The van der Waals surface area contributed by atoms with Gasteiger partial charge in [0.2, 0.25) is 0 Å². The van der Waals surface area contributed by atoms with Gasteiger partial charge >= 0.3 is 0 Å². The van der Waals surface area contributed by atoms with Gasteiger partial charge in [0.05, 0.1) is 0 Å². The Morgan fingerprint density at radius 3 is 3.00 bits per heavy atom. The van der Waals surface area contributed by atoms with Gasteiger partial charge in [0.15, 0.2) is 5.78 Å². The molecule has 2 heteroatoms. The number of carbonyl (C=O) groups excluding carboxylic acids is 1. The summed E-state index contributed by atoms with van der Waals surface area (Å²) in [5, 5.41) is 0. The SMILES string of the molecule is CC(=O)C1=CC2CCN(C)C2CC1. The predicted molar refractivity (Wildman–Crippen MR) is 52.5 cm³/mol. The highest BCUT2D eigenvalue weighted by atomic mass is 16.1. The lowest BCUT2D eigenvalue weighted by atomic mass is 9.85. The second-order valence-corrected chi connectivity index (χ2v) is 4.29. The Hall–Kier alpha value is -0.630. The van der Waals surface area contributed by atoms with E-state index in [-0.39, 0.29) is 5.78 Å². The van der Waals surface area contributed by atoms with Gasteiger partial charge in [-0.05, 0) is 51.3 Å². The molecule has 1 fully saturated rings. The van der Waals surface area contributed by atoms with Crippen LogP contribution in [0.5, 0.6) is 0 Å². The highest BCUT2D eigenvalue weighted by molar-refractivity contribution is 5.93. The molecule has 0 aromatic rings. The van der Waals surface area contributed by atoms with Crippen molar-refractivity contribution >= 4 is 5.78 Å². The molecule has 0 N–H and O–H groups in total. The van der Waals surface area contributed by atoms with Crippen molar-refractivity contribution < 1.29 is 4.79 Å². The van der Waals surface area contributed by atoms with Gasteiger partial charge < -0.3 is 4.90 Å². The Labute approximate surface area is 79.6 Å². The van der Waals surface area contributed by atoms with Crippen LogP contribution in [0.15, 0.2) is 11.6 Å². The number of rotatable bonds is 1. The predicted octanol–water partition coefficient (Wildman–Crippen LogP) is 1.62. The third kappa shape index (κ3) is 1.55. The molecule has 72 valence electrons. The van der Waals surface area contributed by atoms with Crippen LogP contribution in [-0.4, -0.2) is 30.3 Å². The van der Waals surface area contributed by atoms with E-state index in [9.17, 15) is 4.79 Å². The van der Waals surface area contributed by atoms with Crippen LogP contribution in [0, 0.1) is 5.92 Å². The van der Waals surface area contributed by atoms with Crippen LogP contribution >= 0.6 is 0 Å². The zero-order valence-corrected chi connectivity index (χ0v) is 8.42. The number of allylic oxidation sites excluding steroid dienone is 1. The van der Waals surface area contributed by atoms with Gasteiger partial charge in [-0.3, -0.25) is 4.79 Å². The maximum absolute atomic E-state index is 11.2. The Bertz CT molecular complexity index is 257. The lowest BCUT2D eigenvalue weighted by Crippen LogP contribution is -2.31. The molecule has 0 radical (unpaired) electrons. The topological polar surface area (TPSA) is 20.3 Å². The average Bonchev–Trinajstić information content (AvgIpc) is 2.47. The summed E-state index contributed by atoms with van der Waals surface area (Å²) >= 11 is 0.